The molecule has 1 fully saturated rings. The zero-order valence-electron chi connectivity index (χ0n) is 12.5. The number of piperidine rings is 1. The molecule has 2 rings (SSSR count). The van der Waals surface area contributed by atoms with Gasteiger partial charge in [0.1, 0.15) is 12.5 Å². The highest BCUT2D eigenvalue weighted by Gasteiger charge is 2.23. The van der Waals surface area contributed by atoms with Crippen LogP contribution in [-0.4, -0.2) is 37.1 Å². The Bertz CT molecular complexity index is 399. The SMILES string of the molecule is C[C@H](CO[C@@H](C)N1CCC(C=O)CC1)c1ccccc1. The van der Waals surface area contributed by atoms with Gasteiger partial charge in [-0.25, -0.2) is 0 Å². The molecular weight excluding hydrogens is 250 g/mol. The Morgan fingerprint density at radius 2 is 1.90 bits per heavy atom. The minimum Gasteiger partial charge on any atom is -0.363 e. The molecule has 0 spiro atoms. The Hall–Kier alpha value is -1.19. The number of nitrogens with zero attached hydrogens (tertiary/aromatic N) is 1. The maximum atomic E-state index is 10.8. The van der Waals surface area contributed by atoms with Gasteiger partial charge in [-0.3, -0.25) is 4.90 Å². The number of ether oxygens (including phenoxy) is 1. The van der Waals surface area contributed by atoms with Crippen molar-refractivity contribution in [1.29, 1.82) is 0 Å². The third kappa shape index (κ3) is 4.15. The second-order valence-electron chi connectivity index (χ2n) is 5.75. The van der Waals surface area contributed by atoms with Crippen LogP contribution in [-0.2, 0) is 9.53 Å². The van der Waals surface area contributed by atoms with E-state index in [9.17, 15) is 4.79 Å². The predicted molar refractivity (Wildman–Crippen MR) is 80.6 cm³/mol. The normalized spacial score (nSPS) is 20.5. The quantitative estimate of drug-likeness (QED) is 0.747. The highest BCUT2D eigenvalue weighted by molar-refractivity contribution is 5.53. The van der Waals surface area contributed by atoms with Crippen LogP contribution in [0.3, 0.4) is 0 Å². The van der Waals surface area contributed by atoms with Crippen LogP contribution in [0.5, 0.6) is 0 Å². The fourth-order valence-electron chi connectivity index (χ4n) is 2.69. The first-order valence-corrected chi connectivity index (χ1v) is 7.56. The van der Waals surface area contributed by atoms with Crippen LogP contribution in [0.2, 0.25) is 0 Å². The van der Waals surface area contributed by atoms with Crippen molar-refractivity contribution in [3.05, 3.63) is 35.9 Å². The molecule has 0 N–H and O–H groups in total. The molecule has 1 aliphatic heterocycles. The van der Waals surface area contributed by atoms with Gasteiger partial charge in [-0.15, -0.1) is 0 Å². The summed E-state index contributed by atoms with van der Waals surface area (Å²) in [6.07, 6.45) is 3.16. The molecule has 3 heteroatoms. The van der Waals surface area contributed by atoms with Crippen molar-refractivity contribution in [2.45, 2.75) is 38.8 Å². The van der Waals surface area contributed by atoms with Gasteiger partial charge in [0.2, 0.25) is 0 Å². The van der Waals surface area contributed by atoms with Crippen LogP contribution in [0.4, 0.5) is 0 Å². The van der Waals surface area contributed by atoms with Crippen LogP contribution >= 0.6 is 0 Å². The zero-order chi connectivity index (χ0) is 14.4. The van der Waals surface area contributed by atoms with E-state index in [0.29, 0.717) is 5.92 Å². The fraction of sp³-hybridized carbons (Fsp3) is 0.588. The van der Waals surface area contributed by atoms with E-state index >= 15 is 0 Å². The predicted octanol–water partition coefficient (Wildman–Crippen LogP) is 3.06. The van der Waals surface area contributed by atoms with E-state index in [4.69, 9.17) is 4.74 Å². The second-order valence-corrected chi connectivity index (χ2v) is 5.75. The Morgan fingerprint density at radius 1 is 1.25 bits per heavy atom. The summed E-state index contributed by atoms with van der Waals surface area (Å²) in [6, 6.07) is 10.5. The molecule has 20 heavy (non-hydrogen) atoms. The van der Waals surface area contributed by atoms with E-state index in [1.54, 1.807) is 0 Å². The lowest BCUT2D eigenvalue weighted by Crippen LogP contribution is -2.42. The van der Waals surface area contributed by atoms with E-state index < -0.39 is 0 Å². The fourth-order valence-corrected chi connectivity index (χ4v) is 2.69. The molecule has 1 aliphatic rings. The average Bonchev–Trinajstić information content (AvgIpc) is 2.53. The number of hydrogen-bond donors (Lipinski definition) is 0. The lowest BCUT2D eigenvalue weighted by Gasteiger charge is -2.34. The molecule has 1 saturated heterocycles. The molecule has 3 nitrogen and oxygen atoms in total. The first-order chi connectivity index (χ1) is 9.70. The number of rotatable bonds is 6. The molecule has 0 amide bonds. The molecule has 1 aromatic rings. The number of likely N-dealkylation sites (tertiary alicyclic amines) is 1. The number of benzene rings is 1. The lowest BCUT2D eigenvalue weighted by atomic mass is 9.98. The Labute approximate surface area is 121 Å². The summed E-state index contributed by atoms with van der Waals surface area (Å²) >= 11 is 0. The van der Waals surface area contributed by atoms with Crippen molar-refractivity contribution >= 4 is 6.29 Å². The minimum atomic E-state index is 0.133. The molecule has 2 atom stereocenters. The highest BCUT2D eigenvalue weighted by Crippen LogP contribution is 2.20. The summed E-state index contributed by atoms with van der Waals surface area (Å²) in [4.78, 5) is 13.1. The van der Waals surface area contributed by atoms with Crippen LogP contribution in [0.15, 0.2) is 30.3 Å². The standard InChI is InChI=1S/C17H25NO2/c1-14(17-6-4-3-5-7-17)13-20-15(2)18-10-8-16(12-19)9-11-18/h3-7,12,14-16H,8-11,13H2,1-2H3/t14-,15+/m1/s1. The summed E-state index contributed by atoms with van der Waals surface area (Å²) in [5, 5.41) is 0. The van der Waals surface area contributed by atoms with Gasteiger partial charge in [0.25, 0.3) is 0 Å². The molecule has 0 bridgehead atoms. The topological polar surface area (TPSA) is 29.5 Å². The lowest BCUT2D eigenvalue weighted by molar-refractivity contribution is -0.114. The number of hydrogen-bond acceptors (Lipinski definition) is 3. The maximum absolute atomic E-state index is 10.8. The largest absolute Gasteiger partial charge is 0.363 e. The number of carbonyl (C=O) groups is 1. The Morgan fingerprint density at radius 3 is 2.50 bits per heavy atom. The summed E-state index contributed by atoms with van der Waals surface area (Å²) in [5.74, 6) is 0.660. The summed E-state index contributed by atoms with van der Waals surface area (Å²) in [5.41, 5.74) is 1.32. The average molecular weight is 275 g/mol. The first-order valence-electron chi connectivity index (χ1n) is 7.56. The molecule has 0 aliphatic carbocycles. The van der Waals surface area contributed by atoms with Crippen molar-refractivity contribution in [3.8, 4) is 0 Å². The Kier molecular flexibility index (Phi) is 5.74. The van der Waals surface area contributed by atoms with E-state index in [0.717, 1.165) is 38.8 Å². The molecule has 0 unspecified atom stereocenters. The van der Waals surface area contributed by atoms with E-state index in [-0.39, 0.29) is 12.1 Å². The monoisotopic (exact) mass is 275 g/mol. The van der Waals surface area contributed by atoms with Gasteiger partial charge in [-0.2, -0.15) is 0 Å². The zero-order valence-corrected chi connectivity index (χ0v) is 12.5. The van der Waals surface area contributed by atoms with Gasteiger partial charge in [0, 0.05) is 24.9 Å². The third-order valence-electron chi connectivity index (χ3n) is 4.24. The molecule has 1 heterocycles. The van der Waals surface area contributed by atoms with Gasteiger partial charge < -0.3 is 9.53 Å². The Balaban J connectivity index is 1.75. The van der Waals surface area contributed by atoms with Gasteiger partial charge in [0.15, 0.2) is 0 Å². The molecule has 1 aromatic carbocycles. The number of carbonyl (C=O) groups excluding carboxylic acids is 1. The summed E-state index contributed by atoms with van der Waals surface area (Å²) in [7, 11) is 0. The van der Waals surface area contributed by atoms with Crippen LogP contribution in [0.25, 0.3) is 0 Å². The highest BCUT2D eigenvalue weighted by atomic mass is 16.5. The van der Waals surface area contributed by atoms with E-state index in [1.165, 1.54) is 5.56 Å². The minimum absolute atomic E-state index is 0.133. The van der Waals surface area contributed by atoms with Crippen molar-refractivity contribution in [1.82, 2.24) is 4.90 Å². The molecular formula is C17H25NO2. The molecule has 0 saturated carbocycles. The van der Waals surface area contributed by atoms with Crippen LogP contribution in [0, 0.1) is 5.92 Å². The number of aldehydes is 1. The van der Waals surface area contributed by atoms with Gasteiger partial charge >= 0.3 is 0 Å². The smallest absolute Gasteiger partial charge is 0.123 e. The summed E-state index contributed by atoms with van der Waals surface area (Å²) < 4.78 is 6.00. The van der Waals surface area contributed by atoms with Crippen molar-refractivity contribution < 1.29 is 9.53 Å². The molecule has 110 valence electrons. The van der Waals surface area contributed by atoms with Crippen LogP contribution < -0.4 is 0 Å². The van der Waals surface area contributed by atoms with Crippen molar-refractivity contribution in [3.63, 3.8) is 0 Å². The van der Waals surface area contributed by atoms with Gasteiger partial charge in [-0.1, -0.05) is 37.3 Å². The van der Waals surface area contributed by atoms with E-state index in [1.807, 2.05) is 6.07 Å². The van der Waals surface area contributed by atoms with Gasteiger partial charge in [-0.05, 0) is 25.3 Å². The van der Waals surface area contributed by atoms with Gasteiger partial charge in [0.05, 0.1) is 6.61 Å². The van der Waals surface area contributed by atoms with Crippen molar-refractivity contribution in [2.75, 3.05) is 19.7 Å². The third-order valence-corrected chi connectivity index (χ3v) is 4.24. The first kappa shape index (κ1) is 15.2. The molecule has 0 aromatic heterocycles. The molecule has 0 radical (unpaired) electrons. The summed E-state index contributed by atoms with van der Waals surface area (Å²) in [6.45, 7) is 6.97. The van der Waals surface area contributed by atoms with Crippen LogP contribution in [0.1, 0.15) is 38.2 Å². The second kappa shape index (κ2) is 7.55. The van der Waals surface area contributed by atoms with E-state index in [2.05, 4.69) is 43.0 Å². The van der Waals surface area contributed by atoms with Crippen molar-refractivity contribution in [2.24, 2.45) is 5.92 Å². The maximum Gasteiger partial charge on any atom is 0.123 e.